The van der Waals surface area contributed by atoms with Gasteiger partial charge in [0.25, 0.3) is 0 Å². The first-order chi connectivity index (χ1) is 15.9. The fourth-order valence-corrected chi connectivity index (χ4v) is 6.66. The van der Waals surface area contributed by atoms with Crippen LogP contribution in [0.15, 0.2) is 59.6 Å². The summed E-state index contributed by atoms with van der Waals surface area (Å²) in [7, 11) is 0. The molecule has 1 saturated carbocycles. The summed E-state index contributed by atoms with van der Waals surface area (Å²) in [6, 6.07) is 18.4. The molecule has 0 radical (unpaired) electrons. The maximum absolute atomic E-state index is 12.4. The van der Waals surface area contributed by atoms with Crippen LogP contribution >= 0.6 is 0 Å². The van der Waals surface area contributed by atoms with Crippen molar-refractivity contribution in [3.05, 3.63) is 65.7 Å². The lowest BCUT2D eigenvalue weighted by atomic mass is 9.57. The minimum absolute atomic E-state index is 0.0142. The van der Waals surface area contributed by atoms with Crippen LogP contribution in [0.2, 0.25) is 0 Å². The molecule has 3 N–H and O–H groups in total. The van der Waals surface area contributed by atoms with Crippen molar-refractivity contribution in [3.63, 3.8) is 0 Å². The monoisotopic (exact) mass is 448 g/mol. The van der Waals surface area contributed by atoms with E-state index >= 15 is 0 Å². The van der Waals surface area contributed by atoms with Crippen LogP contribution < -0.4 is 0 Å². The molecule has 1 saturated heterocycles. The Bertz CT molecular complexity index is 1060. The molecule has 174 valence electrons. The van der Waals surface area contributed by atoms with Gasteiger partial charge in [0.1, 0.15) is 0 Å². The Labute approximate surface area is 194 Å². The zero-order valence-corrected chi connectivity index (χ0v) is 19.0. The highest BCUT2D eigenvalue weighted by molar-refractivity contribution is 6.13. The first-order valence-corrected chi connectivity index (χ1v) is 11.9. The van der Waals surface area contributed by atoms with E-state index in [0.717, 1.165) is 36.5 Å². The summed E-state index contributed by atoms with van der Waals surface area (Å²) in [5.74, 6) is -1.62. The Morgan fingerprint density at radius 1 is 1.18 bits per heavy atom. The summed E-state index contributed by atoms with van der Waals surface area (Å²) in [4.78, 5) is 19.8. The third-order valence-corrected chi connectivity index (χ3v) is 8.21. The number of rotatable bonds is 7. The van der Waals surface area contributed by atoms with Crippen molar-refractivity contribution in [3.8, 4) is 0 Å². The van der Waals surface area contributed by atoms with Gasteiger partial charge >= 0.3 is 5.97 Å². The second kappa shape index (κ2) is 8.35. The van der Waals surface area contributed by atoms with Gasteiger partial charge in [0.05, 0.1) is 29.2 Å². The predicted molar refractivity (Wildman–Crippen MR) is 127 cm³/mol. The van der Waals surface area contributed by atoms with Crippen LogP contribution in [-0.2, 0) is 16.8 Å². The van der Waals surface area contributed by atoms with Gasteiger partial charge in [0.15, 0.2) is 0 Å². The van der Waals surface area contributed by atoms with E-state index in [9.17, 15) is 20.1 Å². The van der Waals surface area contributed by atoms with Crippen LogP contribution in [0.1, 0.15) is 43.7 Å². The average molecular weight is 449 g/mol. The highest BCUT2D eigenvalue weighted by Crippen LogP contribution is 2.58. The van der Waals surface area contributed by atoms with Gasteiger partial charge in [-0.2, -0.15) is 0 Å². The van der Waals surface area contributed by atoms with Crippen LogP contribution in [0, 0.1) is 11.8 Å². The molecule has 2 aliphatic heterocycles. The number of hydrogen-bond acceptors (Lipinski definition) is 5. The number of para-hydroxylation sites is 1. The fraction of sp³-hybridized carbons (Fsp3) is 0.481. The summed E-state index contributed by atoms with van der Waals surface area (Å²) < 4.78 is 0. The molecular weight excluding hydrogens is 416 g/mol. The van der Waals surface area contributed by atoms with Gasteiger partial charge in [-0.15, -0.1) is 0 Å². The zero-order chi connectivity index (χ0) is 23.2. The minimum Gasteiger partial charge on any atom is -0.481 e. The van der Waals surface area contributed by atoms with E-state index in [1.807, 2.05) is 43.3 Å². The molecule has 5 rings (SSSR count). The number of aliphatic carboxylic acids is 1. The average Bonchev–Trinajstić information content (AvgIpc) is 3.37. The number of nitrogens with zero attached hydrogens (tertiary/aromatic N) is 2. The Morgan fingerprint density at radius 3 is 2.61 bits per heavy atom. The van der Waals surface area contributed by atoms with E-state index in [0.29, 0.717) is 19.3 Å². The van der Waals surface area contributed by atoms with Crippen LogP contribution in [0.4, 0.5) is 5.69 Å². The van der Waals surface area contributed by atoms with Gasteiger partial charge in [-0.1, -0.05) is 55.5 Å². The third-order valence-electron chi connectivity index (χ3n) is 8.21. The van der Waals surface area contributed by atoms with Gasteiger partial charge in [-0.25, -0.2) is 0 Å². The summed E-state index contributed by atoms with van der Waals surface area (Å²) in [5.41, 5.74) is 2.28. The van der Waals surface area contributed by atoms with Gasteiger partial charge < -0.3 is 15.3 Å². The van der Waals surface area contributed by atoms with E-state index < -0.39 is 22.9 Å². The van der Waals surface area contributed by atoms with Crippen LogP contribution in [0.5, 0.6) is 0 Å². The maximum Gasteiger partial charge on any atom is 0.312 e. The molecule has 33 heavy (non-hydrogen) atoms. The lowest BCUT2D eigenvalue weighted by molar-refractivity contribution is -0.141. The topological polar surface area (TPSA) is 93.4 Å². The third kappa shape index (κ3) is 3.52. The van der Waals surface area contributed by atoms with Crippen LogP contribution in [0.3, 0.4) is 0 Å². The largest absolute Gasteiger partial charge is 0.481 e. The molecule has 2 aromatic rings. The number of likely N-dealkylation sites (tertiary alicyclic amines) is 1. The van der Waals surface area contributed by atoms with E-state index in [-0.39, 0.29) is 18.6 Å². The molecule has 1 spiro atoms. The standard InChI is InChI=1S/C27H32N2O4/c1-2-26(33,17-30)15-19-14-20(25(31)32)23-27(21-10-6-7-11-22(21)28-23)12-13-29(24(19)27)16-18-8-4-3-5-9-18/h3-11,19-20,24,30,33H,2,12-17H2,1H3,(H,31,32). The molecule has 0 aromatic heterocycles. The normalized spacial score (nSPS) is 30.2. The number of carboxylic acids is 1. The van der Waals surface area contributed by atoms with Gasteiger partial charge in [0.2, 0.25) is 0 Å². The summed E-state index contributed by atoms with van der Waals surface area (Å²) in [5, 5.41) is 31.3. The quantitative estimate of drug-likeness (QED) is 0.603. The smallest absolute Gasteiger partial charge is 0.312 e. The number of fused-ring (bicyclic) bond motifs is 1. The Hall–Kier alpha value is -2.54. The van der Waals surface area contributed by atoms with Gasteiger partial charge in [0, 0.05) is 24.8 Å². The summed E-state index contributed by atoms with van der Waals surface area (Å²) in [6.07, 6.45) is 2.02. The SMILES string of the molecule is CCC(O)(CO)CC1CC(C(=O)O)C2=Nc3ccccc3C23CCN(Cc2ccccc2)C13. The molecule has 5 unspecified atom stereocenters. The first kappa shape index (κ1) is 22.3. The molecule has 0 bridgehead atoms. The van der Waals surface area contributed by atoms with Crippen LogP contribution in [-0.4, -0.2) is 56.7 Å². The Kier molecular flexibility index (Phi) is 5.63. The lowest BCUT2D eigenvalue weighted by Crippen LogP contribution is -2.59. The number of hydrogen-bond donors (Lipinski definition) is 3. The molecule has 2 heterocycles. The Morgan fingerprint density at radius 2 is 1.91 bits per heavy atom. The molecule has 6 nitrogen and oxygen atoms in total. The van der Waals surface area contributed by atoms with Crippen molar-refractivity contribution in [2.75, 3.05) is 13.2 Å². The second-order valence-electron chi connectivity index (χ2n) is 9.96. The molecule has 1 aliphatic carbocycles. The van der Waals surface area contributed by atoms with Crippen molar-refractivity contribution < 1.29 is 20.1 Å². The molecule has 0 amide bonds. The van der Waals surface area contributed by atoms with E-state index in [1.54, 1.807) is 0 Å². The second-order valence-corrected chi connectivity index (χ2v) is 9.96. The number of aliphatic imine (C=N–C) groups is 1. The maximum atomic E-state index is 12.4. The van der Waals surface area contributed by atoms with E-state index in [1.165, 1.54) is 5.56 Å². The Balaban J connectivity index is 1.63. The summed E-state index contributed by atoms with van der Waals surface area (Å²) >= 11 is 0. The number of carbonyl (C=O) groups is 1. The van der Waals surface area contributed by atoms with Crippen molar-refractivity contribution in [2.24, 2.45) is 16.8 Å². The first-order valence-electron chi connectivity index (χ1n) is 11.9. The number of aliphatic hydroxyl groups excluding tert-OH is 1. The highest BCUT2D eigenvalue weighted by atomic mass is 16.4. The minimum atomic E-state index is -1.22. The van der Waals surface area contributed by atoms with E-state index in [2.05, 4.69) is 23.1 Å². The molecule has 3 aliphatic rings. The highest BCUT2D eigenvalue weighted by Gasteiger charge is 2.63. The molecular formula is C27H32N2O4. The lowest BCUT2D eigenvalue weighted by Gasteiger charge is -2.49. The van der Waals surface area contributed by atoms with Gasteiger partial charge in [-0.3, -0.25) is 14.7 Å². The fourth-order valence-electron chi connectivity index (χ4n) is 6.66. The van der Waals surface area contributed by atoms with E-state index in [4.69, 9.17) is 4.99 Å². The van der Waals surface area contributed by atoms with Crippen molar-refractivity contribution in [1.82, 2.24) is 4.90 Å². The predicted octanol–water partition coefficient (Wildman–Crippen LogP) is 3.53. The van der Waals surface area contributed by atoms with Crippen molar-refractivity contribution in [2.45, 2.75) is 56.2 Å². The number of carboxylic acid groups (broad SMARTS) is 1. The van der Waals surface area contributed by atoms with Crippen LogP contribution in [0.25, 0.3) is 0 Å². The van der Waals surface area contributed by atoms with Crippen molar-refractivity contribution in [1.29, 1.82) is 0 Å². The zero-order valence-electron chi connectivity index (χ0n) is 19.0. The number of benzene rings is 2. The van der Waals surface area contributed by atoms with Gasteiger partial charge in [-0.05, 0) is 48.8 Å². The van der Waals surface area contributed by atoms with Crippen molar-refractivity contribution >= 4 is 17.4 Å². The number of aliphatic hydroxyl groups is 2. The molecule has 2 aromatic carbocycles. The molecule has 5 atom stereocenters. The molecule has 2 fully saturated rings. The summed E-state index contributed by atoms with van der Waals surface area (Å²) in [6.45, 7) is 3.14. The molecule has 6 heteroatoms.